The van der Waals surface area contributed by atoms with Crippen molar-refractivity contribution in [2.24, 2.45) is 5.10 Å². The highest BCUT2D eigenvalue weighted by atomic mass is 19.2. The number of amides is 1. The summed E-state index contributed by atoms with van der Waals surface area (Å²) >= 11 is 0. The third-order valence-electron chi connectivity index (χ3n) is 3.14. The lowest BCUT2D eigenvalue weighted by Gasteiger charge is -2.04. The fourth-order valence-corrected chi connectivity index (χ4v) is 1.86. The fourth-order valence-electron chi connectivity index (χ4n) is 1.86. The number of nitrogens with one attached hydrogen (secondary N) is 1. The van der Waals surface area contributed by atoms with Gasteiger partial charge in [-0.1, -0.05) is 12.1 Å². The van der Waals surface area contributed by atoms with Gasteiger partial charge in [-0.05, 0) is 5.56 Å². The molecule has 0 aliphatic carbocycles. The lowest BCUT2D eigenvalue weighted by molar-refractivity contribution is -0.384. The Morgan fingerprint density at radius 1 is 1.00 bits per heavy atom. The van der Waals surface area contributed by atoms with Gasteiger partial charge in [0.2, 0.25) is 11.7 Å². The Bertz CT molecular complexity index is 871. The summed E-state index contributed by atoms with van der Waals surface area (Å²) in [6.07, 6.45) is -0.00353. The van der Waals surface area contributed by atoms with Gasteiger partial charge in [0, 0.05) is 12.1 Å². The highest BCUT2D eigenvalue weighted by Crippen LogP contribution is 2.21. The van der Waals surface area contributed by atoms with E-state index in [0.29, 0.717) is 5.56 Å². The number of carbonyl (C=O) groups excluding carboxylic acids is 1. The molecule has 0 bridgehead atoms. The first-order valence-corrected chi connectivity index (χ1v) is 6.79. The Hall–Kier alpha value is -3.37. The van der Waals surface area contributed by atoms with Crippen LogP contribution in [0.25, 0.3) is 0 Å². The van der Waals surface area contributed by atoms with Crippen LogP contribution in [0.2, 0.25) is 0 Å². The number of hydrazone groups is 1. The summed E-state index contributed by atoms with van der Waals surface area (Å²) in [4.78, 5) is 21.5. The summed E-state index contributed by atoms with van der Waals surface area (Å²) < 4.78 is 65.7. The first kappa shape index (κ1) is 19.0. The van der Waals surface area contributed by atoms with E-state index in [0.717, 1.165) is 0 Å². The molecule has 0 radical (unpaired) electrons. The molecule has 1 amide bonds. The van der Waals surface area contributed by atoms with Gasteiger partial charge in [-0.3, -0.25) is 14.9 Å². The number of hydrogen-bond acceptors (Lipinski definition) is 4. The minimum Gasteiger partial charge on any atom is -0.273 e. The predicted octanol–water partition coefficient (Wildman–Crippen LogP) is 2.98. The molecule has 0 saturated carbocycles. The molecular formula is C15H8F5N3O3. The van der Waals surface area contributed by atoms with Gasteiger partial charge in [0.1, 0.15) is 0 Å². The van der Waals surface area contributed by atoms with Gasteiger partial charge in [0.25, 0.3) is 5.69 Å². The predicted molar refractivity (Wildman–Crippen MR) is 78.8 cm³/mol. The molecule has 0 aliphatic heterocycles. The topological polar surface area (TPSA) is 84.6 Å². The maximum atomic E-state index is 13.4. The van der Waals surface area contributed by atoms with E-state index < -0.39 is 45.5 Å². The SMILES string of the molecule is O=C(Cc1ccc([N+](=O)[O-])cc1)N/N=C\c1c(F)c(F)c(F)c(F)c1F. The van der Waals surface area contributed by atoms with Gasteiger partial charge in [-0.2, -0.15) is 5.10 Å². The van der Waals surface area contributed by atoms with E-state index in [1.54, 1.807) is 0 Å². The Kier molecular flexibility index (Phi) is 5.60. The molecule has 0 unspecified atom stereocenters. The monoisotopic (exact) mass is 373 g/mol. The normalized spacial score (nSPS) is 11.0. The Morgan fingerprint density at radius 3 is 2.00 bits per heavy atom. The van der Waals surface area contributed by atoms with Crippen molar-refractivity contribution in [3.63, 3.8) is 0 Å². The molecule has 0 spiro atoms. The highest BCUT2D eigenvalue weighted by Gasteiger charge is 2.24. The average molecular weight is 373 g/mol. The minimum atomic E-state index is -2.31. The molecule has 2 aromatic rings. The number of non-ortho nitro benzene ring substituents is 1. The molecule has 0 aromatic heterocycles. The number of halogens is 5. The summed E-state index contributed by atoms with van der Waals surface area (Å²) in [5.41, 5.74) is 0.734. The largest absolute Gasteiger partial charge is 0.273 e. The Labute approximate surface area is 142 Å². The number of rotatable bonds is 5. The molecule has 0 aliphatic rings. The van der Waals surface area contributed by atoms with Crippen LogP contribution in [-0.2, 0) is 11.2 Å². The van der Waals surface area contributed by atoms with Gasteiger partial charge in [-0.15, -0.1) is 0 Å². The van der Waals surface area contributed by atoms with Crippen LogP contribution in [0.4, 0.5) is 27.6 Å². The van der Waals surface area contributed by atoms with Gasteiger partial charge in [0.15, 0.2) is 23.3 Å². The van der Waals surface area contributed by atoms with E-state index in [1.807, 2.05) is 5.43 Å². The van der Waals surface area contributed by atoms with Crippen molar-refractivity contribution in [1.29, 1.82) is 0 Å². The van der Waals surface area contributed by atoms with Crippen LogP contribution in [0.5, 0.6) is 0 Å². The molecule has 0 fully saturated rings. The Balaban J connectivity index is 2.07. The summed E-state index contributed by atoms with van der Waals surface area (Å²) in [6, 6.07) is 4.96. The molecule has 136 valence electrons. The minimum absolute atomic E-state index is 0.182. The van der Waals surface area contributed by atoms with E-state index in [1.165, 1.54) is 24.3 Å². The van der Waals surface area contributed by atoms with Crippen molar-refractivity contribution in [1.82, 2.24) is 5.43 Å². The van der Waals surface area contributed by atoms with Crippen LogP contribution in [0.15, 0.2) is 29.4 Å². The van der Waals surface area contributed by atoms with Crippen molar-refractivity contribution >= 4 is 17.8 Å². The van der Waals surface area contributed by atoms with E-state index in [2.05, 4.69) is 5.10 Å². The molecule has 26 heavy (non-hydrogen) atoms. The summed E-state index contributed by atoms with van der Waals surface area (Å²) in [5, 5.41) is 13.7. The summed E-state index contributed by atoms with van der Waals surface area (Å²) in [7, 11) is 0. The van der Waals surface area contributed by atoms with Crippen LogP contribution >= 0.6 is 0 Å². The standard InChI is InChI=1S/C15H8F5N3O3/c16-11-9(12(17)14(19)15(20)13(11)18)6-21-22-10(24)5-7-1-3-8(4-2-7)23(25)26/h1-4,6H,5H2,(H,22,24)/b21-6-. The number of nitrogens with zero attached hydrogens (tertiary/aromatic N) is 2. The number of hydrogen-bond donors (Lipinski definition) is 1. The third kappa shape index (κ3) is 3.99. The molecule has 11 heteroatoms. The van der Waals surface area contributed by atoms with Crippen LogP contribution in [0, 0.1) is 39.2 Å². The van der Waals surface area contributed by atoms with Crippen molar-refractivity contribution in [3.05, 3.63) is 74.6 Å². The zero-order valence-electron chi connectivity index (χ0n) is 12.6. The maximum absolute atomic E-state index is 13.4. The molecule has 2 aromatic carbocycles. The second-order valence-corrected chi connectivity index (χ2v) is 4.88. The number of carbonyl (C=O) groups is 1. The summed E-state index contributed by atoms with van der Waals surface area (Å²) in [5.74, 6) is -11.5. The van der Waals surface area contributed by atoms with Crippen molar-refractivity contribution in [2.75, 3.05) is 0 Å². The molecule has 0 heterocycles. The van der Waals surface area contributed by atoms with E-state index in [4.69, 9.17) is 0 Å². The molecule has 6 nitrogen and oxygen atoms in total. The second-order valence-electron chi connectivity index (χ2n) is 4.88. The Morgan fingerprint density at radius 2 is 1.50 bits per heavy atom. The maximum Gasteiger partial charge on any atom is 0.269 e. The number of benzene rings is 2. The highest BCUT2D eigenvalue weighted by molar-refractivity contribution is 5.83. The fraction of sp³-hybridized carbons (Fsp3) is 0.0667. The number of nitro benzene ring substituents is 1. The van der Waals surface area contributed by atoms with Gasteiger partial charge >= 0.3 is 0 Å². The van der Waals surface area contributed by atoms with Crippen LogP contribution in [0.3, 0.4) is 0 Å². The van der Waals surface area contributed by atoms with E-state index >= 15 is 0 Å². The van der Waals surface area contributed by atoms with Crippen molar-refractivity contribution in [2.45, 2.75) is 6.42 Å². The lowest BCUT2D eigenvalue weighted by Crippen LogP contribution is -2.20. The van der Waals surface area contributed by atoms with Crippen molar-refractivity contribution < 1.29 is 31.7 Å². The molecule has 2 rings (SSSR count). The lowest BCUT2D eigenvalue weighted by atomic mass is 10.1. The van der Waals surface area contributed by atoms with E-state index in [9.17, 15) is 36.9 Å². The first-order valence-electron chi connectivity index (χ1n) is 6.79. The second kappa shape index (κ2) is 7.68. The number of nitro groups is 1. The van der Waals surface area contributed by atoms with Crippen LogP contribution in [-0.4, -0.2) is 17.0 Å². The van der Waals surface area contributed by atoms with Gasteiger partial charge in [-0.25, -0.2) is 27.4 Å². The molecule has 1 N–H and O–H groups in total. The molecule has 0 saturated heterocycles. The molecular weight excluding hydrogens is 365 g/mol. The smallest absolute Gasteiger partial charge is 0.269 e. The first-order chi connectivity index (χ1) is 12.2. The zero-order chi connectivity index (χ0) is 19.4. The molecule has 0 atom stereocenters. The van der Waals surface area contributed by atoms with Gasteiger partial charge < -0.3 is 0 Å². The summed E-state index contributed by atoms with van der Waals surface area (Å²) in [6.45, 7) is 0. The quantitative estimate of drug-likeness (QED) is 0.218. The third-order valence-corrected chi connectivity index (χ3v) is 3.14. The zero-order valence-corrected chi connectivity index (χ0v) is 12.6. The van der Waals surface area contributed by atoms with E-state index in [-0.39, 0.29) is 18.3 Å². The van der Waals surface area contributed by atoms with Crippen LogP contribution in [0.1, 0.15) is 11.1 Å². The van der Waals surface area contributed by atoms with Crippen LogP contribution < -0.4 is 5.43 Å². The average Bonchev–Trinajstić information content (AvgIpc) is 2.61. The van der Waals surface area contributed by atoms with Gasteiger partial charge in [0.05, 0.1) is 23.1 Å². The van der Waals surface area contributed by atoms with Crippen molar-refractivity contribution in [3.8, 4) is 0 Å².